The summed E-state index contributed by atoms with van der Waals surface area (Å²) in [6.45, 7) is 0.115. The quantitative estimate of drug-likeness (QED) is 0.0130. The molecule has 8 heterocycles. The normalized spacial score (nSPS) is 14.3. The van der Waals surface area contributed by atoms with Gasteiger partial charge in [0, 0.05) is 52.0 Å². The van der Waals surface area contributed by atoms with Gasteiger partial charge in [0.2, 0.25) is 0 Å². The van der Waals surface area contributed by atoms with Crippen LogP contribution < -0.4 is 33.0 Å². The zero-order valence-corrected chi connectivity index (χ0v) is 71.3. The number of esters is 1. The number of hydrogen-bond donors (Lipinski definition) is 8. The molecule has 0 aliphatic heterocycles. The molecule has 0 spiro atoms. The number of methoxy groups -OCH3 is 1. The number of furan rings is 4. The number of aromatic nitrogens is 8. The number of nitrogens with zero attached hydrogens (tertiary/aromatic N) is 8. The summed E-state index contributed by atoms with van der Waals surface area (Å²) in [5.74, 6) is 4.42. The summed E-state index contributed by atoms with van der Waals surface area (Å²) in [5, 5.41) is 17.6. The highest BCUT2D eigenvalue weighted by molar-refractivity contribution is 6.67. The Hall–Kier alpha value is -15.0. The molecule has 662 valence electrons. The Bertz CT molecular complexity index is 6430. The lowest BCUT2D eigenvalue weighted by Gasteiger charge is -2.25. The topological polar surface area (TPSA) is 423 Å². The van der Waals surface area contributed by atoms with Gasteiger partial charge < -0.3 is 55.6 Å². The van der Waals surface area contributed by atoms with Crippen molar-refractivity contribution in [3.8, 4) is 45.6 Å². The third-order valence-electron chi connectivity index (χ3n) is 23.5. The van der Waals surface area contributed by atoms with E-state index < -0.39 is 47.0 Å². The molecule has 0 radical (unpaired) electrons. The number of benzene rings is 7. The van der Waals surface area contributed by atoms with E-state index in [0.29, 0.717) is 57.5 Å². The number of halogens is 1. The Morgan fingerprint density at radius 2 is 0.674 bits per heavy atom. The first-order valence-corrected chi connectivity index (χ1v) is 43.3. The molecule has 129 heavy (non-hydrogen) atoms. The van der Waals surface area contributed by atoms with Gasteiger partial charge in [-0.1, -0.05) is 107 Å². The van der Waals surface area contributed by atoms with Crippen molar-refractivity contribution in [3.05, 3.63) is 276 Å². The van der Waals surface area contributed by atoms with Crippen molar-refractivity contribution in [1.82, 2.24) is 65.3 Å². The van der Waals surface area contributed by atoms with Gasteiger partial charge >= 0.3 is 24.0 Å². The summed E-state index contributed by atoms with van der Waals surface area (Å²) in [6, 6.07) is 51.3. The second-order valence-electron chi connectivity index (χ2n) is 31.8. The number of nitrogens with one attached hydrogen (secondary N) is 5. The van der Waals surface area contributed by atoms with Gasteiger partial charge in [-0.3, -0.25) is 45.7 Å². The third-order valence-corrected chi connectivity index (χ3v) is 23.7. The van der Waals surface area contributed by atoms with Gasteiger partial charge in [-0.15, -0.1) is 0 Å². The number of carbonyl (C=O) groups excluding carboxylic acids is 7. The molecule has 7 aromatic carbocycles. The SMILES string of the molecule is COC(=O)c1ccc(C(=O)Cl)cc1.NNC(=O)c1ccc2c(c1)nc(-c1ccoc1)n2C1CCCCC1.O=C(NNC(=O)c1ccc2c(c1)nc(-c1ccoc1)n2C1CCCCC1)OCc1ccccc1.O=C(O)c1ccc(C(=O)NNC(=O)c2ccc3c(c2)nc(-c2ccoc2)n3C2CCCCC2)cc1.O=C(O)c1ccc2c(c1)nc(-c1ccoc1)n2C1CCCCC1. The first kappa shape index (κ1) is 88.9. The van der Waals surface area contributed by atoms with Crippen LogP contribution in [-0.2, 0) is 16.1 Å². The van der Waals surface area contributed by atoms with Crippen molar-refractivity contribution < 1.29 is 80.5 Å². The number of carbonyl (C=O) groups is 9. The lowest BCUT2D eigenvalue weighted by atomic mass is 9.95. The van der Waals surface area contributed by atoms with E-state index in [0.717, 1.165) is 141 Å². The largest absolute Gasteiger partial charge is 0.478 e. The van der Waals surface area contributed by atoms with Crippen LogP contribution in [0.2, 0.25) is 0 Å². The lowest BCUT2D eigenvalue weighted by Crippen LogP contribution is -2.41. The number of nitrogen functional groups attached to an aromatic ring is 1. The Morgan fingerprint density at radius 3 is 1.00 bits per heavy atom. The summed E-state index contributed by atoms with van der Waals surface area (Å²) >= 11 is 5.21. The van der Waals surface area contributed by atoms with Crippen molar-refractivity contribution in [2.45, 2.75) is 159 Å². The van der Waals surface area contributed by atoms with Crippen molar-refractivity contribution in [3.63, 3.8) is 0 Å². The minimum Gasteiger partial charge on any atom is -0.478 e. The molecule has 0 saturated heterocycles. The molecule has 0 unspecified atom stereocenters. The minimum absolute atomic E-state index is 0.0707. The number of hydrogen-bond acceptors (Lipinski definition) is 20. The number of carboxylic acids is 2. The zero-order valence-electron chi connectivity index (χ0n) is 70.6. The van der Waals surface area contributed by atoms with Crippen LogP contribution in [0.15, 0.2) is 244 Å². The number of carboxylic acid groups (broad SMARTS) is 2. The van der Waals surface area contributed by atoms with Gasteiger partial charge in [0.05, 0.1) is 115 Å². The first-order chi connectivity index (χ1) is 62.9. The molecule has 8 aromatic heterocycles. The van der Waals surface area contributed by atoms with E-state index in [1.807, 2.05) is 78.9 Å². The van der Waals surface area contributed by atoms with Crippen LogP contribution in [0.1, 0.15) is 241 Å². The number of amides is 5. The van der Waals surface area contributed by atoms with Crippen LogP contribution in [0, 0.1) is 0 Å². The summed E-state index contributed by atoms with van der Waals surface area (Å²) in [5.41, 5.74) is 25.7. The Balaban J connectivity index is 0.000000128. The fourth-order valence-corrected chi connectivity index (χ4v) is 17.2. The first-order valence-electron chi connectivity index (χ1n) is 42.9. The van der Waals surface area contributed by atoms with Gasteiger partial charge in [0.15, 0.2) is 0 Å². The van der Waals surface area contributed by atoms with Crippen LogP contribution in [0.5, 0.6) is 0 Å². The van der Waals surface area contributed by atoms with E-state index in [-0.39, 0.29) is 29.2 Å². The summed E-state index contributed by atoms with van der Waals surface area (Å²) in [4.78, 5) is 124. The Morgan fingerprint density at radius 1 is 0.372 bits per heavy atom. The molecular formula is C97H95ClN14O17. The molecule has 4 aliphatic rings. The van der Waals surface area contributed by atoms with Gasteiger partial charge in [0.25, 0.3) is 28.9 Å². The number of ether oxygens (including phenoxy) is 2. The number of rotatable bonds is 18. The summed E-state index contributed by atoms with van der Waals surface area (Å²) in [6.07, 6.45) is 36.3. The fraction of sp³-hybridized carbons (Fsp3) is 0.268. The monoisotopic (exact) mass is 1760 g/mol. The second kappa shape index (κ2) is 41.9. The molecule has 0 atom stereocenters. The highest BCUT2D eigenvalue weighted by Crippen LogP contribution is 2.42. The van der Waals surface area contributed by atoms with E-state index in [2.05, 4.69) is 50.1 Å². The number of nitrogens with two attached hydrogens (primary N) is 1. The smallest absolute Gasteiger partial charge is 0.426 e. The average Bonchev–Trinajstić information content (AvgIpc) is 1.64. The number of imidazole rings is 4. The lowest BCUT2D eigenvalue weighted by molar-refractivity contribution is 0.0598. The second-order valence-corrected chi connectivity index (χ2v) is 32.1. The fourth-order valence-electron chi connectivity index (χ4n) is 17.1. The van der Waals surface area contributed by atoms with Crippen LogP contribution >= 0.6 is 11.6 Å². The van der Waals surface area contributed by atoms with E-state index in [1.165, 1.54) is 133 Å². The zero-order chi connectivity index (χ0) is 89.9. The molecular weight excluding hydrogens is 1670 g/mol. The van der Waals surface area contributed by atoms with E-state index in [1.54, 1.807) is 98.6 Å². The maximum Gasteiger partial charge on any atom is 0.426 e. The molecule has 32 heteroatoms. The predicted octanol–water partition coefficient (Wildman–Crippen LogP) is 19.7. The standard InChI is InChI=1S/C26H24N4O5.C26H26N4O4.C18H20N4O2.C18H18N2O3.C9H7ClO3/c31-24(16-6-8-17(9-7-16)26(33)34)28-29-25(32)18-10-11-22-21(14-18)27-23(19-12-13-35-15-19)30(22)20-4-2-1-3-5-20;31-25(28-29-26(32)34-16-18-7-3-1-4-8-18)19-11-12-23-22(15-19)27-24(20-13-14-33-17-20)30(23)21-9-5-2-6-10-21;19-21-18(23)12-6-7-16-15(10-12)20-17(13-8-9-24-11-13)22(16)14-4-2-1-3-5-14;21-18(22)12-6-7-16-15(10-12)19-17(13-8-9-23-11-13)20(16)14-4-2-1-3-5-14;1-13-9(12)7-4-2-6(3-5-7)8(10)11/h6-15,20H,1-5H2,(H,28,31)(H,29,32)(H,33,34);1,3-4,7-8,11-15,17,21H,2,5-6,9-10,16H2,(H,28,31)(H,29,32);6-11,14H,1-5,19H2,(H,21,23);6-11,14H,1-5H2,(H,21,22);2-5H,1H3. The van der Waals surface area contributed by atoms with Crippen LogP contribution in [0.3, 0.4) is 0 Å². The molecule has 15 aromatic rings. The maximum absolute atomic E-state index is 12.7. The Kier molecular flexibility index (Phi) is 28.9. The van der Waals surface area contributed by atoms with Crippen molar-refractivity contribution in [2.75, 3.05) is 7.11 Å². The van der Waals surface area contributed by atoms with Crippen molar-refractivity contribution in [2.24, 2.45) is 5.84 Å². The predicted molar refractivity (Wildman–Crippen MR) is 480 cm³/mol. The molecule has 4 saturated carbocycles. The van der Waals surface area contributed by atoms with Gasteiger partial charge in [-0.05, 0) is 214 Å². The van der Waals surface area contributed by atoms with E-state index in [4.69, 9.17) is 64.9 Å². The van der Waals surface area contributed by atoms with Crippen molar-refractivity contribution in [1.29, 1.82) is 0 Å². The number of fused-ring (bicyclic) bond motifs is 4. The van der Waals surface area contributed by atoms with Gasteiger partial charge in [-0.25, -0.2) is 50.4 Å². The molecule has 0 bridgehead atoms. The molecule has 4 aliphatic carbocycles. The molecule has 4 fully saturated rings. The maximum atomic E-state index is 12.7. The van der Waals surface area contributed by atoms with Crippen LogP contribution in [0.4, 0.5) is 4.79 Å². The van der Waals surface area contributed by atoms with E-state index >= 15 is 0 Å². The average molecular weight is 1760 g/mol. The number of hydrazine groups is 3. The van der Waals surface area contributed by atoms with E-state index in [9.17, 15) is 48.3 Å². The minimum atomic E-state index is -1.08. The van der Waals surface area contributed by atoms with Gasteiger partial charge in [-0.2, -0.15) is 0 Å². The molecule has 5 amide bonds. The molecule has 9 N–H and O–H groups in total. The highest BCUT2D eigenvalue weighted by Gasteiger charge is 2.30. The summed E-state index contributed by atoms with van der Waals surface area (Å²) in [7, 11) is 1.29. The highest BCUT2D eigenvalue weighted by atomic mass is 35.5. The van der Waals surface area contributed by atoms with Crippen LogP contribution in [0.25, 0.3) is 89.7 Å². The molecule has 19 rings (SSSR count). The van der Waals surface area contributed by atoms with Crippen LogP contribution in [-0.4, -0.2) is 108 Å². The molecule has 31 nitrogen and oxygen atoms in total. The third kappa shape index (κ3) is 21.3. The Labute approximate surface area is 744 Å². The van der Waals surface area contributed by atoms with Crippen molar-refractivity contribution >= 4 is 109 Å². The number of aromatic carboxylic acids is 2. The van der Waals surface area contributed by atoms with Gasteiger partial charge in [0.1, 0.15) is 55.0 Å². The summed E-state index contributed by atoms with van der Waals surface area (Å²) < 4.78 is 39.8.